The van der Waals surface area contributed by atoms with E-state index in [-0.39, 0.29) is 0 Å². The number of hydrogen-bond donors (Lipinski definition) is 0. The topological polar surface area (TPSA) is 16.4 Å². The Kier molecular flexibility index (Phi) is 8.34. The molecule has 3 heteroatoms. The molecule has 1 aliphatic rings. The molecule has 0 saturated heterocycles. The third kappa shape index (κ3) is 5.64. The van der Waals surface area contributed by atoms with Crippen LogP contribution in [-0.2, 0) is 5.41 Å². The number of hydrogen-bond acceptors (Lipinski definition) is 3. The maximum absolute atomic E-state index is 6.87. The predicted molar refractivity (Wildman–Crippen MR) is 269 cm³/mol. The largest absolute Gasteiger partial charge is 0.456 e. The Labute approximate surface area is 375 Å². The molecule has 0 atom stereocenters. The minimum atomic E-state index is -0.477. The Balaban J connectivity index is 0.907. The molecular weight excluding hydrogens is 795 g/mol. The van der Waals surface area contributed by atoms with Crippen LogP contribution in [0, 0.1) is 0 Å². The van der Waals surface area contributed by atoms with E-state index < -0.39 is 5.41 Å². The Bertz CT molecular complexity index is 3660. The van der Waals surface area contributed by atoms with Gasteiger partial charge in [0.2, 0.25) is 0 Å². The highest BCUT2D eigenvalue weighted by Gasteiger charge is 2.46. The Morgan fingerprint density at radius 1 is 0.328 bits per heavy atom. The van der Waals surface area contributed by atoms with Gasteiger partial charge in [0.15, 0.2) is 0 Å². The molecule has 64 heavy (non-hydrogen) atoms. The van der Waals surface area contributed by atoms with Crippen molar-refractivity contribution in [2.75, 3.05) is 4.90 Å². The van der Waals surface area contributed by atoms with Crippen molar-refractivity contribution in [2.45, 2.75) is 5.41 Å². The summed E-state index contributed by atoms with van der Waals surface area (Å²) < 4.78 is 9.47. The first-order valence-electron chi connectivity index (χ1n) is 21.9. The Morgan fingerprint density at radius 2 is 0.875 bits per heavy atom. The van der Waals surface area contributed by atoms with Crippen LogP contribution in [0.4, 0.5) is 17.1 Å². The van der Waals surface area contributed by atoms with E-state index in [1.165, 1.54) is 64.7 Å². The van der Waals surface area contributed by atoms with Crippen molar-refractivity contribution < 1.29 is 4.42 Å². The van der Waals surface area contributed by atoms with Gasteiger partial charge in [-0.2, -0.15) is 0 Å². The smallest absolute Gasteiger partial charge is 0.136 e. The van der Waals surface area contributed by atoms with Crippen molar-refractivity contribution in [3.8, 4) is 33.4 Å². The van der Waals surface area contributed by atoms with Crippen LogP contribution in [0.3, 0.4) is 0 Å². The van der Waals surface area contributed by atoms with Gasteiger partial charge < -0.3 is 9.32 Å². The summed E-state index contributed by atoms with van der Waals surface area (Å²) in [5, 5.41) is 4.82. The van der Waals surface area contributed by atoms with Crippen LogP contribution < -0.4 is 4.90 Å². The van der Waals surface area contributed by atoms with Gasteiger partial charge in [-0.25, -0.2) is 0 Å². The summed E-state index contributed by atoms with van der Waals surface area (Å²) >= 11 is 1.85. The summed E-state index contributed by atoms with van der Waals surface area (Å²) in [6.45, 7) is 0. The van der Waals surface area contributed by atoms with Gasteiger partial charge in [-0.05, 0) is 128 Å². The van der Waals surface area contributed by atoms with Crippen LogP contribution in [0.25, 0.3) is 75.5 Å². The van der Waals surface area contributed by atoms with E-state index in [2.05, 4.69) is 241 Å². The highest BCUT2D eigenvalue weighted by Crippen LogP contribution is 2.57. The van der Waals surface area contributed by atoms with Crippen molar-refractivity contribution in [1.82, 2.24) is 0 Å². The van der Waals surface area contributed by atoms with E-state index in [1.807, 2.05) is 11.3 Å². The van der Waals surface area contributed by atoms with Gasteiger partial charge >= 0.3 is 0 Å². The maximum atomic E-state index is 6.87. The first-order chi connectivity index (χ1) is 31.7. The molecule has 13 rings (SSSR count). The van der Waals surface area contributed by atoms with Crippen LogP contribution in [0.15, 0.2) is 241 Å². The maximum Gasteiger partial charge on any atom is 0.136 e. The molecule has 0 unspecified atom stereocenters. The van der Waals surface area contributed by atoms with Gasteiger partial charge in [0.1, 0.15) is 11.2 Å². The van der Waals surface area contributed by atoms with Crippen LogP contribution in [0.2, 0.25) is 0 Å². The minimum Gasteiger partial charge on any atom is -0.456 e. The highest BCUT2D eigenvalue weighted by atomic mass is 32.1. The Morgan fingerprint density at radius 3 is 1.59 bits per heavy atom. The van der Waals surface area contributed by atoms with Crippen LogP contribution >= 0.6 is 11.3 Å². The molecule has 300 valence electrons. The Hall–Kier alpha value is -7.98. The number of nitrogens with zero attached hydrogens (tertiary/aromatic N) is 1. The molecular formula is C61H39NOS. The fourth-order valence-corrected chi connectivity index (χ4v) is 11.5. The summed E-state index contributed by atoms with van der Waals surface area (Å²) in [7, 11) is 0. The zero-order valence-corrected chi connectivity index (χ0v) is 35.6. The van der Waals surface area contributed by atoms with Gasteiger partial charge in [0.05, 0.1) is 5.41 Å². The lowest BCUT2D eigenvalue weighted by atomic mass is 9.67. The van der Waals surface area contributed by atoms with Gasteiger partial charge in [-0.1, -0.05) is 164 Å². The molecule has 0 spiro atoms. The summed E-state index contributed by atoms with van der Waals surface area (Å²) in [5.41, 5.74) is 16.8. The van der Waals surface area contributed by atoms with Crippen molar-refractivity contribution in [2.24, 2.45) is 0 Å². The van der Waals surface area contributed by atoms with Crippen molar-refractivity contribution in [1.29, 1.82) is 0 Å². The molecule has 2 heterocycles. The van der Waals surface area contributed by atoms with Gasteiger partial charge in [-0.15, -0.1) is 11.3 Å². The zero-order chi connectivity index (χ0) is 42.2. The molecule has 2 nitrogen and oxygen atoms in total. The molecule has 1 aliphatic carbocycles. The molecule has 0 amide bonds. The van der Waals surface area contributed by atoms with E-state index in [0.717, 1.165) is 50.1 Å². The average molecular weight is 834 g/mol. The summed E-state index contributed by atoms with van der Waals surface area (Å²) in [6.07, 6.45) is 0. The summed E-state index contributed by atoms with van der Waals surface area (Å²) in [4.78, 5) is 2.37. The van der Waals surface area contributed by atoms with Gasteiger partial charge in [0.25, 0.3) is 0 Å². The van der Waals surface area contributed by atoms with Crippen molar-refractivity contribution in [3.05, 3.63) is 259 Å². The fourth-order valence-electron chi connectivity index (χ4n) is 10.4. The molecule has 10 aromatic carbocycles. The number of rotatable bonds is 7. The van der Waals surface area contributed by atoms with E-state index in [4.69, 9.17) is 4.42 Å². The van der Waals surface area contributed by atoms with Crippen molar-refractivity contribution >= 4 is 70.5 Å². The van der Waals surface area contributed by atoms with E-state index >= 15 is 0 Å². The normalized spacial score (nSPS) is 12.8. The average Bonchev–Trinajstić information content (AvgIpc) is 4.02. The second-order valence-corrected chi connectivity index (χ2v) is 17.9. The number of anilines is 3. The van der Waals surface area contributed by atoms with E-state index in [1.54, 1.807) is 0 Å². The third-order valence-electron chi connectivity index (χ3n) is 13.4. The lowest BCUT2D eigenvalue weighted by Crippen LogP contribution is -2.28. The first-order valence-corrected chi connectivity index (χ1v) is 22.7. The molecule has 0 aliphatic heterocycles. The van der Waals surface area contributed by atoms with Crippen molar-refractivity contribution in [3.63, 3.8) is 0 Å². The quantitative estimate of drug-likeness (QED) is 0.159. The second-order valence-electron chi connectivity index (χ2n) is 16.8. The lowest BCUT2D eigenvalue weighted by Gasteiger charge is -2.33. The van der Waals surface area contributed by atoms with Crippen LogP contribution in [-0.4, -0.2) is 0 Å². The third-order valence-corrected chi connectivity index (χ3v) is 14.5. The number of furan rings is 1. The molecule has 2 aromatic heterocycles. The standard InChI is InChI=1S/C61H39NOS/c1-4-14-40(15-5-1)41-24-29-46(30-25-41)62(48-33-35-60-54(37-48)51-21-11-13-23-59(51)64-60)47-31-26-42(27-32-47)43-28-34-50-53-38-52-49-20-10-12-22-55(49)61(44-16-6-2-7-17-44,45-18-8-3-9-19-45)56(52)39-58(53)63-57(50)36-43/h1-39H. The molecule has 0 N–H and O–H groups in total. The van der Waals surface area contributed by atoms with Gasteiger partial charge in [0, 0.05) is 48.0 Å². The number of fused-ring (bicyclic) bond motifs is 9. The van der Waals surface area contributed by atoms with E-state index in [9.17, 15) is 0 Å². The lowest BCUT2D eigenvalue weighted by molar-refractivity contribution is 0.666. The SMILES string of the molecule is c1ccc(-c2ccc(N(c3ccc(-c4ccc5c(c4)oc4cc6c(cc45)-c4ccccc4C6(c4ccccc4)c4ccccc4)cc3)c3ccc4sc5ccccc5c4c3)cc2)cc1. The molecule has 12 aromatic rings. The molecule has 0 saturated carbocycles. The zero-order valence-electron chi connectivity index (χ0n) is 34.8. The summed E-state index contributed by atoms with van der Waals surface area (Å²) in [5.74, 6) is 0. The van der Waals surface area contributed by atoms with Crippen LogP contribution in [0.5, 0.6) is 0 Å². The summed E-state index contributed by atoms with van der Waals surface area (Å²) in [6, 6.07) is 86.2. The second kappa shape index (κ2) is 14.6. The minimum absolute atomic E-state index is 0.477. The number of benzene rings is 10. The fraction of sp³-hybridized carbons (Fsp3) is 0.0164. The van der Waals surface area contributed by atoms with Gasteiger partial charge in [-0.3, -0.25) is 0 Å². The molecule has 0 radical (unpaired) electrons. The van der Waals surface area contributed by atoms with E-state index in [0.29, 0.717) is 0 Å². The number of thiophene rings is 1. The molecule has 0 bridgehead atoms. The first kappa shape index (κ1) is 36.7. The predicted octanol–water partition coefficient (Wildman–Crippen LogP) is 17.1. The molecule has 0 fully saturated rings. The highest BCUT2D eigenvalue weighted by molar-refractivity contribution is 7.25. The monoisotopic (exact) mass is 833 g/mol. The van der Waals surface area contributed by atoms with Crippen LogP contribution in [0.1, 0.15) is 22.3 Å².